The SMILES string of the molecule is CO[C@@]12/C=C/C[C@H](C)CS(=O)(NC(=O)c3cn(C)nc3Cl)=NC(=O)c3ccc4c(c31)N(Cc1ccc(Cl)cc1CCCCO4)C[C@H](C)[C@H]2C. The fraction of sp³-hybridized carbons (Fsp3) is 0.472. The lowest BCUT2D eigenvalue weighted by molar-refractivity contribution is -0.0314. The minimum Gasteiger partial charge on any atom is -0.491 e. The summed E-state index contributed by atoms with van der Waals surface area (Å²) < 4.78 is 35.9. The number of ether oxygens (including phenoxy) is 2. The van der Waals surface area contributed by atoms with Gasteiger partial charge in [0.25, 0.3) is 11.8 Å². The molecule has 5 atom stereocenters. The number of fused-ring (bicyclic) bond motifs is 1. The average Bonchev–Trinajstić information content (AvgIpc) is 3.34. The van der Waals surface area contributed by atoms with Crippen LogP contribution in [0.25, 0.3) is 0 Å². The van der Waals surface area contributed by atoms with Gasteiger partial charge in [-0.2, -0.15) is 5.10 Å². The molecule has 6 rings (SSSR count). The number of hydrogen-bond acceptors (Lipinski definition) is 7. The van der Waals surface area contributed by atoms with Crippen molar-refractivity contribution in [1.82, 2.24) is 14.5 Å². The van der Waals surface area contributed by atoms with E-state index in [1.165, 1.54) is 16.4 Å². The zero-order valence-electron chi connectivity index (χ0n) is 28.5. The minimum absolute atomic E-state index is 0.0382. The lowest BCUT2D eigenvalue weighted by Gasteiger charge is -2.38. The highest BCUT2D eigenvalue weighted by atomic mass is 35.5. The molecule has 3 aliphatic heterocycles. The van der Waals surface area contributed by atoms with Gasteiger partial charge in [0.15, 0.2) is 5.15 Å². The monoisotopic (exact) mass is 727 g/mol. The number of aryl methyl sites for hydroxylation is 2. The third-order valence-corrected chi connectivity index (χ3v) is 12.5. The first-order valence-corrected chi connectivity index (χ1v) is 19.1. The molecule has 262 valence electrons. The molecule has 3 aliphatic rings. The maximum atomic E-state index is 14.6. The molecule has 0 saturated carbocycles. The standard InChI is InChI=1S/C36H43Cl2N5O5S/c1-22-9-8-15-36(47-5)24(3)23(2)18-43-19-26-11-12-27(37)17-25(26)10-6-7-16-48-30-14-13-28(31(36)32(30)43)34(44)40-49(46,21-22)41-35(45)29-20-42(4)39-33(29)38/h8,11-15,17,20,22-24H,6-7,9-10,16,18-19,21H2,1-5H3,(H,40,41,44,45,46)/b15-8+/t22-,23-,24+,36+,49?/m0/s1. The van der Waals surface area contributed by atoms with E-state index in [0.717, 1.165) is 30.5 Å². The van der Waals surface area contributed by atoms with E-state index in [1.54, 1.807) is 26.3 Å². The maximum absolute atomic E-state index is 14.6. The molecule has 49 heavy (non-hydrogen) atoms. The fourth-order valence-electron chi connectivity index (χ4n) is 7.37. The van der Waals surface area contributed by atoms with Crippen molar-refractivity contribution >= 4 is 50.6 Å². The summed E-state index contributed by atoms with van der Waals surface area (Å²) in [6.07, 6.45) is 8.68. The van der Waals surface area contributed by atoms with Crippen LogP contribution in [0.15, 0.2) is 53.0 Å². The third kappa shape index (κ3) is 7.00. The molecule has 0 bridgehead atoms. The molecule has 10 nitrogen and oxygen atoms in total. The van der Waals surface area contributed by atoms with Crippen molar-refractivity contribution in [2.45, 2.75) is 58.6 Å². The average molecular weight is 729 g/mol. The minimum atomic E-state index is -3.62. The number of allylic oxidation sites excluding steroid dienone is 1. The Morgan fingerprint density at radius 1 is 1.14 bits per heavy atom. The van der Waals surface area contributed by atoms with Gasteiger partial charge in [0.05, 0.1) is 29.2 Å². The Balaban J connectivity index is 1.59. The summed E-state index contributed by atoms with van der Waals surface area (Å²) in [6.45, 7) is 7.97. The number of hydrogen-bond donors (Lipinski definition) is 1. The molecular formula is C36H43Cl2N5O5S. The molecule has 1 N–H and O–H groups in total. The Hall–Kier alpha value is -3.38. The Bertz CT molecular complexity index is 1940. The number of carbonyl (C=O) groups excluding carboxylic acids is 2. The van der Waals surface area contributed by atoms with Crippen molar-refractivity contribution in [1.29, 1.82) is 0 Å². The van der Waals surface area contributed by atoms with Gasteiger partial charge in [-0.3, -0.25) is 19.0 Å². The number of carbonyl (C=O) groups is 2. The smallest absolute Gasteiger partial charge is 0.286 e. The van der Waals surface area contributed by atoms with E-state index in [1.807, 2.05) is 25.1 Å². The Labute approximate surface area is 298 Å². The van der Waals surface area contributed by atoms with E-state index >= 15 is 0 Å². The summed E-state index contributed by atoms with van der Waals surface area (Å²) in [5, 5.41) is 4.68. The molecule has 3 aromatic rings. The van der Waals surface area contributed by atoms with Crippen LogP contribution in [0.2, 0.25) is 10.2 Å². The van der Waals surface area contributed by atoms with Crippen LogP contribution in [0, 0.1) is 17.8 Å². The number of anilines is 1. The van der Waals surface area contributed by atoms with Crippen LogP contribution in [0.3, 0.4) is 0 Å². The van der Waals surface area contributed by atoms with Crippen LogP contribution in [0.1, 0.15) is 77.4 Å². The summed E-state index contributed by atoms with van der Waals surface area (Å²) >= 11 is 12.7. The normalized spacial score (nSPS) is 27.9. The lowest BCUT2D eigenvalue weighted by atomic mass is 9.74. The number of benzene rings is 2. The van der Waals surface area contributed by atoms with Crippen LogP contribution >= 0.6 is 23.2 Å². The Morgan fingerprint density at radius 2 is 1.94 bits per heavy atom. The number of nitrogens with zero attached hydrogens (tertiary/aromatic N) is 4. The van der Waals surface area contributed by atoms with Crippen molar-refractivity contribution in [2.75, 3.05) is 30.9 Å². The number of rotatable bonds is 3. The van der Waals surface area contributed by atoms with E-state index in [2.05, 4.69) is 45.1 Å². The zero-order chi connectivity index (χ0) is 35.1. The molecule has 0 spiro atoms. The van der Waals surface area contributed by atoms with Gasteiger partial charge in [-0.1, -0.05) is 62.2 Å². The molecule has 0 aliphatic carbocycles. The highest BCUT2D eigenvalue weighted by Crippen LogP contribution is 2.52. The number of methoxy groups -OCH3 is 1. The zero-order valence-corrected chi connectivity index (χ0v) is 30.8. The molecular weight excluding hydrogens is 685 g/mol. The molecule has 1 unspecified atom stereocenters. The fourth-order valence-corrected chi connectivity index (χ4v) is 9.70. The van der Waals surface area contributed by atoms with Gasteiger partial charge in [-0.25, -0.2) is 4.21 Å². The Morgan fingerprint density at radius 3 is 2.67 bits per heavy atom. The highest BCUT2D eigenvalue weighted by molar-refractivity contribution is 7.92. The van der Waals surface area contributed by atoms with Crippen LogP contribution < -0.4 is 14.4 Å². The van der Waals surface area contributed by atoms with Crippen LogP contribution in [-0.4, -0.2) is 51.8 Å². The number of amides is 2. The second-order valence-corrected chi connectivity index (χ2v) is 16.4. The summed E-state index contributed by atoms with van der Waals surface area (Å²) in [4.78, 5) is 30.2. The van der Waals surface area contributed by atoms with Crippen molar-refractivity contribution < 1.29 is 23.3 Å². The topological polar surface area (TPSA) is 115 Å². The first-order valence-electron chi connectivity index (χ1n) is 16.7. The summed E-state index contributed by atoms with van der Waals surface area (Å²) in [6, 6.07) is 9.54. The highest BCUT2D eigenvalue weighted by Gasteiger charge is 2.48. The second-order valence-electron chi connectivity index (χ2n) is 13.6. The van der Waals surface area contributed by atoms with Crippen LogP contribution in [-0.2, 0) is 40.3 Å². The van der Waals surface area contributed by atoms with Gasteiger partial charge in [0.1, 0.15) is 21.3 Å². The van der Waals surface area contributed by atoms with Gasteiger partial charge in [-0.15, -0.1) is 4.36 Å². The molecule has 0 fully saturated rings. The van der Waals surface area contributed by atoms with Gasteiger partial charge in [-0.05, 0) is 78.8 Å². The van der Waals surface area contributed by atoms with E-state index in [4.69, 9.17) is 32.7 Å². The predicted octanol–water partition coefficient (Wildman–Crippen LogP) is 7.13. The van der Waals surface area contributed by atoms with E-state index in [-0.39, 0.29) is 39.8 Å². The molecule has 0 saturated heterocycles. The number of nitrogens with one attached hydrogen (secondary N) is 1. The first kappa shape index (κ1) is 35.4. The molecule has 2 amide bonds. The first-order chi connectivity index (χ1) is 23.3. The van der Waals surface area contributed by atoms with E-state index in [0.29, 0.717) is 42.5 Å². The lowest BCUT2D eigenvalue weighted by Crippen LogP contribution is -2.38. The third-order valence-electron chi connectivity index (χ3n) is 10.0. The predicted molar refractivity (Wildman–Crippen MR) is 193 cm³/mol. The maximum Gasteiger partial charge on any atom is 0.286 e. The summed E-state index contributed by atoms with van der Waals surface area (Å²) in [7, 11) is -0.325. The van der Waals surface area contributed by atoms with Crippen LogP contribution in [0.4, 0.5) is 5.69 Å². The molecule has 13 heteroatoms. The molecule has 2 aromatic carbocycles. The summed E-state index contributed by atoms with van der Waals surface area (Å²) in [5.41, 5.74) is 2.93. The van der Waals surface area contributed by atoms with Crippen LogP contribution in [0.5, 0.6) is 5.75 Å². The van der Waals surface area contributed by atoms with Crippen molar-refractivity contribution in [2.24, 2.45) is 29.2 Å². The molecule has 4 heterocycles. The quantitative estimate of drug-likeness (QED) is 0.286. The second kappa shape index (κ2) is 14.1. The molecule has 0 radical (unpaired) electrons. The summed E-state index contributed by atoms with van der Waals surface area (Å²) in [5.74, 6) is -1.03. The largest absolute Gasteiger partial charge is 0.491 e. The van der Waals surface area contributed by atoms with Crippen molar-refractivity contribution in [3.63, 3.8) is 0 Å². The molecule has 1 aromatic heterocycles. The van der Waals surface area contributed by atoms with E-state index in [9.17, 15) is 13.8 Å². The van der Waals surface area contributed by atoms with Crippen molar-refractivity contribution in [3.8, 4) is 5.75 Å². The van der Waals surface area contributed by atoms with Gasteiger partial charge < -0.3 is 14.4 Å². The Kier molecular flexibility index (Phi) is 10.2. The number of aromatic nitrogens is 2. The van der Waals surface area contributed by atoms with Gasteiger partial charge in [0.2, 0.25) is 0 Å². The number of halogens is 2. The van der Waals surface area contributed by atoms with Gasteiger partial charge >= 0.3 is 0 Å². The van der Waals surface area contributed by atoms with Gasteiger partial charge in [0, 0.05) is 44.0 Å². The van der Waals surface area contributed by atoms with E-state index < -0.39 is 27.3 Å². The van der Waals surface area contributed by atoms with Crippen molar-refractivity contribution in [3.05, 3.63) is 86.7 Å².